The van der Waals surface area contributed by atoms with E-state index in [4.69, 9.17) is 10.5 Å². The molecule has 3 N–H and O–H groups in total. The number of carbonyl (C=O) groups is 1. The maximum atomic E-state index is 12.0. The fourth-order valence-electron chi connectivity index (χ4n) is 2.50. The molecule has 0 spiro atoms. The second-order valence-corrected chi connectivity index (χ2v) is 5.45. The van der Waals surface area contributed by atoms with Crippen molar-refractivity contribution in [3.05, 3.63) is 23.8 Å². The molecule has 0 bridgehead atoms. The van der Waals surface area contributed by atoms with E-state index >= 15 is 0 Å². The number of hydrogen-bond acceptors (Lipinski definition) is 5. The fourth-order valence-corrected chi connectivity index (χ4v) is 2.50. The maximum absolute atomic E-state index is 12.0. The maximum Gasteiger partial charge on any atom is 0.340 e. The van der Waals surface area contributed by atoms with Gasteiger partial charge in [-0.25, -0.2) is 4.79 Å². The van der Waals surface area contributed by atoms with Gasteiger partial charge in [0.25, 0.3) is 0 Å². The Morgan fingerprint density at radius 1 is 1.45 bits per heavy atom. The van der Waals surface area contributed by atoms with Crippen molar-refractivity contribution in [2.75, 3.05) is 30.3 Å². The molecule has 0 atom stereocenters. The van der Waals surface area contributed by atoms with Crippen LogP contribution in [0.4, 0.5) is 11.4 Å². The summed E-state index contributed by atoms with van der Waals surface area (Å²) in [5.74, 6) is -0.355. The van der Waals surface area contributed by atoms with Gasteiger partial charge in [-0.3, -0.25) is 0 Å². The first-order chi connectivity index (χ1) is 9.44. The Kier molecular flexibility index (Phi) is 4.18. The van der Waals surface area contributed by atoms with Crippen LogP contribution < -0.4 is 10.6 Å². The molecule has 0 aliphatic carbocycles. The van der Waals surface area contributed by atoms with E-state index in [-0.39, 0.29) is 5.97 Å². The number of esters is 1. The molecular formula is C15H22N2O3. The molecule has 5 nitrogen and oxygen atoms in total. The monoisotopic (exact) mass is 278 g/mol. The van der Waals surface area contributed by atoms with Gasteiger partial charge < -0.3 is 20.5 Å². The quantitative estimate of drug-likeness (QED) is 0.651. The van der Waals surface area contributed by atoms with E-state index in [1.807, 2.05) is 6.92 Å². The molecule has 1 aliphatic rings. The van der Waals surface area contributed by atoms with Gasteiger partial charge in [0.05, 0.1) is 29.1 Å². The fraction of sp³-hybridized carbons (Fsp3) is 0.533. The molecule has 0 aromatic heterocycles. The van der Waals surface area contributed by atoms with E-state index < -0.39 is 5.60 Å². The van der Waals surface area contributed by atoms with Crippen molar-refractivity contribution in [1.29, 1.82) is 0 Å². The molecule has 1 heterocycles. The van der Waals surface area contributed by atoms with Crippen LogP contribution in [0, 0.1) is 0 Å². The van der Waals surface area contributed by atoms with Crippen molar-refractivity contribution >= 4 is 17.3 Å². The third-order valence-electron chi connectivity index (χ3n) is 3.72. The van der Waals surface area contributed by atoms with Crippen molar-refractivity contribution < 1.29 is 14.6 Å². The first-order valence-electron chi connectivity index (χ1n) is 6.97. The van der Waals surface area contributed by atoms with E-state index in [1.165, 1.54) is 0 Å². The van der Waals surface area contributed by atoms with Crippen LogP contribution in [-0.2, 0) is 4.74 Å². The number of piperidine rings is 1. The summed E-state index contributed by atoms with van der Waals surface area (Å²) in [7, 11) is 0. The lowest BCUT2D eigenvalue weighted by Gasteiger charge is -2.38. The Bertz CT molecular complexity index is 490. The predicted molar refractivity (Wildman–Crippen MR) is 78.9 cm³/mol. The van der Waals surface area contributed by atoms with Crippen LogP contribution in [0.2, 0.25) is 0 Å². The summed E-state index contributed by atoms with van der Waals surface area (Å²) in [5.41, 5.74) is 7.19. The first kappa shape index (κ1) is 14.7. The van der Waals surface area contributed by atoms with E-state index in [2.05, 4.69) is 4.90 Å². The normalized spacial score (nSPS) is 17.9. The Morgan fingerprint density at radius 3 is 2.70 bits per heavy atom. The summed E-state index contributed by atoms with van der Waals surface area (Å²) < 4.78 is 5.08. The number of para-hydroxylation sites is 1. The van der Waals surface area contributed by atoms with Crippen LogP contribution in [-0.4, -0.2) is 36.4 Å². The third kappa shape index (κ3) is 3.04. The molecule has 1 aromatic rings. The molecule has 0 saturated carbocycles. The smallest absolute Gasteiger partial charge is 0.340 e. The average Bonchev–Trinajstić information content (AvgIpc) is 2.39. The SMILES string of the molecule is CCOC(=O)c1cccc(N)c1N1CCC(C)(O)CC1. The number of hydrogen-bond donors (Lipinski definition) is 2. The van der Waals surface area contributed by atoms with Gasteiger partial charge in [-0.05, 0) is 38.8 Å². The van der Waals surface area contributed by atoms with Crippen LogP contribution in [0.1, 0.15) is 37.0 Å². The highest BCUT2D eigenvalue weighted by Crippen LogP contribution is 2.33. The van der Waals surface area contributed by atoms with E-state index in [0.717, 1.165) is 5.69 Å². The standard InChI is InChI=1S/C15H22N2O3/c1-3-20-14(18)11-5-4-6-12(16)13(11)17-9-7-15(2,19)8-10-17/h4-6,19H,3,7-10,16H2,1-2H3. The average molecular weight is 278 g/mol. The van der Waals surface area contributed by atoms with Crippen molar-refractivity contribution in [3.63, 3.8) is 0 Å². The Morgan fingerprint density at radius 2 is 2.10 bits per heavy atom. The number of rotatable bonds is 3. The van der Waals surface area contributed by atoms with Crippen LogP contribution in [0.15, 0.2) is 18.2 Å². The minimum absolute atomic E-state index is 0.335. The second kappa shape index (κ2) is 5.71. The topological polar surface area (TPSA) is 75.8 Å². The molecule has 1 aromatic carbocycles. The largest absolute Gasteiger partial charge is 0.462 e. The van der Waals surface area contributed by atoms with E-state index in [9.17, 15) is 9.90 Å². The Labute approximate surface area is 119 Å². The Hall–Kier alpha value is -1.75. The van der Waals surface area contributed by atoms with Gasteiger partial charge in [0.15, 0.2) is 0 Å². The predicted octanol–water partition coefficient (Wildman–Crippen LogP) is 1.80. The summed E-state index contributed by atoms with van der Waals surface area (Å²) in [4.78, 5) is 14.1. The Balaban J connectivity index is 2.29. The minimum atomic E-state index is -0.635. The molecule has 5 heteroatoms. The second-order valence-electron chi connectivity index (χ2n) is 5.45. The number of benzene rings is 1. The highest BCUT2D eigenvalue weighted by molar-refractivity contribution is 5.99. The van der Waals surface area contributed by atoms with E-state index in [1.54, 1.807) is 25.1 Å². The lowest BCUT2D eigenvalue weighted by Crippen LogP contribution is -2.43. The van der Waals surface area contributed by atoms with Crippen molar-refractivity contribution in [2.24, 2.45) is 0 Å². The van der Waals surface area contributed by atoms with Crippen LogP contribution >= 0.6 is 0 Å². The number of ether oxygens (including phenoxy) is 1. The van der Waals surface area contributed by atoms with Crippen LogP contribution in [0.25, 0.3) is 0 Å². The highest BCUT2D eigenvalue weighted by atomic mass is 16.5. The van der Waals surface area contributed by atoms with Crippen LogP contribution in [0.3, 0.4) is 0 Å². The zero-order valence-electron chi connectivity index (χ0n) is 12.1. The molecule has 2 rings (SSSR count). The lowest BCUT2D eigenvalue weighted by molar-refractivity contribution is 0.0351. The van der Waals surface area contributed by atoms with Crippen molar-refractivity contribution in [3.8, 4) is 0 Å². The summed E-state index contributed by atoms with van der Waals surface area (Å²) >= 11 is 0. The summed E-state index contributed by atoms with van der Waals surface area (Å²) in [6.07, 6.45) is 1.31. The van der Waals surface area contributed by atoms with Gasteiger partial charge in [-0.2, -0.15) is 0 Å². The molecule has 0 radical (unpaired) electrons. The number of nitrogen functional groups attached to an aromatic ring is 1. The third-order valence-corrected chi connectivity index (χ3v) is 3.72. The van der Waals surface area contributed by atoms with Crippen molar-refractivity contribution in [1.82, 2.24) is 0 Å². The first-order valence-corrected chi connectivity index (χ1v) is 6.97. The molecule has 1 saturated heterocycles. The van der Waals surface area contributed by atoms with Crippen molar-refractivity contribution in [2.45, 2.75) is 32.3 Å². The molecule has 20 heavy (non-hydrogen) atoms. The number of carbonyl (C=O) groups excluding carboxylic acids is 1. The molecule has 1 aliphatic heterocycles. The molecule has 0 unspecified atom stereocenters. The number of nitrogens with zero attached hydrogens (tertiary/aromatic N) is 1. The number of aliphatic hydroxyl groups is 1. The number of anilines is 2. The lowest BCUT2D eigenvalue weighted by atomic mass is 9.93. The van der Waals surface area contributed by atoms with Crippen LogP contribution in [0.5, 0.6) is 0 Å². The van der Waals surface area contributed by atoms with Gasteiger partial charge in [0, 0.05) is 13.1 Å². The summed E-state index contributed by atoms with van der Waals surface area (Å²) in [6, 6.07) is 5.27. The molecule has 1 fully saturated rings. The zero-order valence-corrected chi connectivity index (χ0v) is 12.1. The summed E-state index contributed by atoms with van der Waals surface area (Å²) in [5, 5.41) is 10.0. The summed E-state index contributed by atoms with van der Waals surface area (Å²) in [6.45, 7) is 5.30. The van der Waals surface area contributed by atoms with Gasteiger partial charge >= 0.3 is 5.97 Å². The van der Waals surface area contributed by atoms with Gasteiger partial charge in [0.2, 0.25) is 0 Å². The molecule has 110 valence electrons. The highest BCUT2D eigenvalue weighted by Gasteiger charge is 2.30. The number of nitrogens with two attached hydrogens (primary N) is 1. The minimum Gasteiger partial charge on any atom is -0.462 e. The molecule has 0 amide bonds. The van der Waals surface area contributed by atoms with E-state index in [0.29, 0.717) is 43.8 Å². The van der Waals surface area contributed by atoms with Gasteiger partial charge in [-0.1, -0.05) is 6.07 Å². The molecular weight excluding hydrogens is 256 g/mol. The van der Waals surface area contributed by atoms with Gasteiger partial charge in [0.1, 0.15) is 0 Å². The zero-order chi connectivity index (χ0) is 14.8. The van der Waals surface area contributed by atoms with Gasteiger partial charge in [-0.15, -0.1) is 0 Å².